The van der Waals surface area contributed by atoms with Crippen molar-refractivity contribution in [1.29, 1.82) is 0 Å². The Morgan fingerprint density at radius 1 is 0.971 bits per heavy atom. The Morgan fingerprint density at radius 2 is 1.63 bits per heavy atom. The van der Waals surface area contributed by atoms with Crippen molar-refractivity contribution in [2.24, 2.45) is 0 Å². The van der Waals surface area contributed by atoms with Gasteiger partial charge in [-0.1, -0.05) is 44.5 Å². The number of carbonyl (C=O) groups is 2. The Labute approximate surface area is 208 Å². The standard InChI is InChI=1S/C28H38N4O3/c1-4-19-9-6-10-20(5-2)27(19)31-26(33)18-32-23-12-8-13-24(32)16-22(15-23)30-28(34)29-21-11-7-14-25(17-21)35-3/h6-7,9-11,14,17,22-24H,4-5,8,12-13,15-16,18H2,1-3H3,(H,31,33)(H2,29,30,34)/t23-,24-/m1/s1. The van der Waals surface area contributed by atoms with Crippen molar-refractivity contribution in [2.75, 3.05) is 24.3 Å². The summed E-state index contributed by atoms with van der Waals surface area (Å²) in [6.07, 6.45) is 6.81. The van der Waals surface area contributed by atoms with Crippen LogP contribution < -0.4 is 20.7 Å². The molecule has 0 aromatic heterocycles. The van der Waals surface area contributed by atoms with E-state index in [9.17, 15) is 9.59 Å². The number of anilines is 2. The van der Waals surface area contributed by atoms with Crippen LogP contribution in [0.1, 0.15) is 57.1 Å². The minimum Gasteiger partial charge on any atom is -0.497 e. The minimum absolute atomic E-state index is 0.0553. The van der Waals surface area contributed by atoms with Crippen LogP contribution in [-0.4, -0.2) is 48.6 Å². The second-order valence-electron chi connectivity index (χ2n) is 9.62. The van der Waals surface area contributed by atoms with Gasteiger partial charge in [0.2, 0.25) is 5.91 Å². The second kappa shape index (κ2) is 11.6. The number of ether oxygens (including phenoxy) is 1. The number of nitrogens with zero attached hydrogens (tertiary/aromatic N) is 1. The SMILES string of the molecule is CCc1cccc(CC)c1NC(=O)CN1[C@@H]2CCC[C@@H]1CC(NC(=O)Nc1cccc(OC)c1)C2. The average Bonchev–Trinajstić information content (AvgIpc) is 2.84. The number of methoxy groups -OCH3 is 1. The lowest BCUT2D eigenvalue weighted by molar-refractivity contribution is -0.120. The van der Waals surface area contributed by atoms with Gasteiger partial charge in [-0.15, -0.1) is 0 Å². The fourth-order valence-electron chi connectivity index (χ4n) is 5.66. The zero-order valence-corrected chi connectivity index (χ0v) is 21.1. The number of piperidine rings is 2. The van der Waals surface area contributed by atoms with E-state index in [2.05, 4.69) is 52.9 Å². The highest BCUT2D eigenvalue weighted by atomic mass is 16.5. The number of amides is 3. The van der Waals surface area contributed by atoms with Crippen molar-refractivity contribution in [2.45, 2.75) is 76.9 Å². The molecule has 0 radical (unpaired) electrons. The summed E-state index contributed by atoms with van der Waals surface area (Å²) in [6, 6.07) is 14.1. The van der Waals surface area contributed by atoms with Gasteiger partial charge in [0.15, 0.2) is 0 Å². The summed E-state index contributed by atoms with van der Waals surface area (Å²) in [4.78, 5) is 28.1. The fourth-order valence-corrected chi connectivity index (χ4v) is 5.66. The van der Waals surface area contributed by atoms with Crippen LogP contribution in [0.25, 0.3) is 0 Å². The van der Waals surface area contributed by atoms with E-state index < -0.39 is 0 Å². The Morgan fingerprint density at radius 3 is 2.26 bits per heavy atom. The third-order valence-electron chi connectivity index (χ3n) is 7.38. The van der Waals surface area contributed by atoms with Crippen LogP contribution in [0.15, 0.2) is 42.5 Å². The molecule has 0 aliphatic carbocycles. The first-order valence-corrected chi connectivity index (χ1v) is 12.9. The van der Waals surface area contributed by atoms with Gasteiger partial charge in [-0.2, -0.15) is 0 Å². The zero-order chi connectivity index (χ0) is 24.8. The third-order valence-corrected chi connectivity index (χ3v) is 7.38. The van der Waals surface area contributed by atoms with Crippen molar-refractivity contribution < 1.29 is 14.3 Å². The van der Waals surface area contributed by atoms with Gasteiger partial charge < -0.3 is 20.7 Å². The Balaban J connectivity index is 1.35. The lowest BCUT2D eigenvalue weighted by atomic mass is 9.81. The van der Waals surface area contributed by atoms with Crippen LogP contribution in [0.3, 0.4) is 0 Å². The summed E-state index contributed by atoms with van der Waals surface area (Å²) >= 11 is 0. The second-order valence-corrected chi connectivity index (χ2v) is 9.62. The molecule has 2 saturated heterocycles. The van der Waals surface area contributed by atoms with Gasteiger partial charge in [0.25, 0.3) is 0 Å². The molecule has 2 heterocycles. The molecule has 2 fully saturated rings. The molecule has 188 valence electrons. The molecule has 0 saturated carbocycles. The summed E-state index contributed by atoms with van der Waals surface area (Å²) in [7, 11) is 1.61. The number of fused-ring (bicyclic) bond motifs is 2. The van der Waals surface area contributed by atoms with Crippen molar-refractivity contribution in [3.05, 3.63) is 53.6 Å². The summed E-state index contributed by atoms with van der Waals surface area (Å²) in [5.74, 6) is 0.760. The average molecular weight is 479 g/mol. The molecule has 2 bridgehead atoms. The Hall–Kier alpha value is -3.06. The summed E-state index contributed by atoms with van der Waals surface area (Å²) in [6.45, 7) is 4.65. The van der Waals surface area contributed by atoms with Crippen LogP contribution in [-0.2, 0) is 17.6 Å². The van der Waals surface area contributed by atoms with Gasteiger partial charge in [0.1, 0.15) is 5.75 Å². The van der Waals surface area contributed by atoms with E-state index in [0.717, 1.165) is 44.2 Å². The van der Waals surface area contributed by atoms with E-state index in [4.69, 9.17) is 4.74 Å². The zero-order valence-electron chi connectivity index (χ0n) is 21.1. The molecule has 0 unspecified atom stereocenters. The molecule has 0 spiro atoms. The molecule has 2 aromatic carbocycles. The predicted octanol–water partition coefficient (Wildman–Crippen LogP) is 4.97. The van der Waals surface area contributed by atoms with Gasteiger partial charge in [0, 0.05) is 35.6 Å². The highest BCUT2D eigenvalue weighted by Crippen LogP contribution is 2.34. The first-order valence-electron chi connectivity index (χ1n) is 12.9. The van der Waals surface area contributed by atoms with Gasteiger partial charge in [0.05, 0.1) is 13.7 Å². The van der Waals surface area contributed by atoms with Crippen molar-refractivity contribution >= 4 is 23.3 Å². The predicted molar refractivity (Wildman–Crippen MR) is 140 cm³/mol. The number of nitrogens with one attached hydrogen (secondary N) is 3. The molecule has 2 aliphatic heterocycles. The molecule has 3 N–H and O–H groups in total. The van der Waals surface area contributed by atoms with Gasteiger partial charge in [-0.3, -0.25) is 9.69 Å². The minimum atomic E-state index is -0.198. The molecule has 7 nitrogen and oxygen atoms in total. The summed E-state index contributed by atoms with van der Waals surface area (Å²) < 4.78 is 5.23. The van der Waals surface area contributed by atoms with Crippen molar-refractivity contribution in [1.82, 2.24) is 10.2 Å². The quantitative estimate of drug-likeness (QED) is 0.501. The maximum absolute atomic E-state index is 13.1. The summed E-state index contributed by atoms with van der Waals surface area (Å²) in [5.41, 5.74) is 4.05. The van der Waals surface area contributed by atoms with Crippen LogP contribution in [0.5, 0.6) is 5.75 Å². The Bertz CT molecular complexity index is 1000. The number of urea groups is 1. The van der Waals surface area contributed by atoms with Crippen LogP contribution in [0, 0.1) is 0 Å². The molecule has 2 atom stereocenters. The van der Waals surface area contributed by atoms with E-state index in [1.165, 1.54) is 17.5 Å². The Kier molecular flexibility index (Phi) is 8.29. The molecule has 35 heavy (non-hydrogen) atoms. The molecule has 4 rings (SSSR count). The van der Waals surface area contributed by atoms with E-state index >= 15 is 0 Å². The number of para-hydroxylation sites is 1. The maximum Gasteiger partial charge on any atom is 0.319 e. The van der Waals surface area contributed by atoms with Crippen molar-refractivity contribution in [3.8, 4) is 5.75 Å². The molecule has 2 aromatic rings. The van der Waals surface area contributed by atoms with Crippen molar-refractivity contribution in [3.63, 3.8) is 0 Å². The van der Waals surface area contributed by atoms with Crippen LogP contribution in [0.4, 0.5) is 16.2 Å². The highest BCUT2D eigenvalue weighted by molar-refractivity contribution is 5.94. The van der Waals surface area contributed by atoms with Gasteiger partial charge in [-0.05, 0) is 61.8 Å². The fraction of sp³-hybridized carbons (Fsp3) is 0.500. The van der Waals surface area contributed by atoms with Gasteiger partial charge >= 0.3 is 6.03 Å². The molecular weight excluding hydrogens is 440 g/mol. The first-order chi connectivity index (χ1) is 17.0. The van der Waals surface area contributed by atoms with E-state index in [1.54, 1.807) is 13.2 Å². The maximum atomic E-state index is 13.1. The number of hydrogen-bond donors (Lipinski definition) is 3. The number of aryl methyl sites for hydroxylation is 2. The van der Waals surface area contributed by atoms with E-state index in [-0.39, 0.29) is 18.0 Å². The molecule has 3 amide bonds. The normalized spacial score (nSPS) is 21.7. The molecule has 2 aliphatic rings. The highest BCUT2D eigenvalue weighted by Gasteiger charge is 2.39. The number of rotatable bonds is 8. The molecule has 7 heteroatoms. The van der Waals surface area contributed by atoms with Crippen LogP contribution in [0.2, 0.25) is 0 Å². The van der Waals surface area contributed by atoms with E-state index in [0.29, 0.717) is 30.1 Å². The molecular formula is C28H38N4O3. The monoisotopic (exact) mass is 478 g/mol. The van der Waals surface area contributed by atoms with Gasteiger partial charge in [-0.25, -0.2) is 4.79 Å². The smallest absolute Gasteiger partial charge is 0.319 e. The summed E-state index contributed by atoms with van der Waals surface area (Å²) in [5, 5.41) is 9.30. The third kappa shape index (κ3) is 6.14. The topological polar surface area (TPSA) is 82.7 Å². The largest absolute Gasteiger partial charge is 0.497 e. The van der Waals surface area contributed by atoms with E-state index in [1.807, 2.05) is 18.2 Å². The number of hydrogen-bond acceptors (Lipinski definition) is 4. The lowest BCUT2D eigenvalue weighted by Crippen LogP contribution is -2.58. The number of benzene rings is 2. The number of carbonyl (C=O) groups excluding carboxylic acids is 2. The lowest BCUT2D eigenvalue weighted by Gasteiger charge is -2.48. The first kappa shape index (κ1) is 25.0. The van der Waals surface area contributed by atoms with Crippen LogP contribution >= 0.6 is 0 Å².